The maximum Gasteiger partial charge on any atom is 0.511 e. The van der Waals surface area contributed by atoms with Gasteiger partial charge in [0.1, 0.15) is 5.69 Å². The monoisotopic (exact) mass is 441 g/mol. The quantitative estimate of drug-likeness (QED) is 0.238. The molecule has 0 fully saturated rings. The lowest BCUT2D eigenvalue weighted by Gasteiger charge is -2.20. The maximum absolute atomic E-state index is 11.8. The van der Waals surface area contributed by atoms with E-state index in [0.29, 0.717) is 5.76 Å². The van der Waals surface area contributed by atoms with Gasteiger partial charge in [0.05, 0.1) is 12.3 Å². The van der Waals surface area contributed by atoms with Crippen LogP contribution in [0.15, 0.2) is 35.3 Å². The van der Waals surface area contributed by atoms with Crippen LogP contribution in [-0.4, -0.2) is 42.6 Å². The number of hydrogen-bond donors (Lipinski definition) is 0. The molecule has 0 spiro atoms. The molecule has 0 aliphatic carbocycles. The Hall–Kier alpha value is -3.09. The van der Waals surface area contributed by atoms with Crippen LogP contribution in [0.1, 0.15) is 57.1 Å². The molecule has 32 heavy (non-hydrogen) atoms. The number of aryl methyl sites for hydroxylation is 2. The van der Waals surface area contributed by atoms with Gasteiger partial charge in [0.25, 0.3) is 0 Å². The zero-order valence-electron chi connectivity index (χ0n) is 20.4. The van der Waals surface area contributed by atoms with Gasteiger partial charge in [-0.05, 0) is 35.4 Å². The fraction of sp³-hybridized carbons (Fsp3) is 0.480. The minimum Gasteiger partial charge on any atom is -0.454 e. The summed E-state index contributed by atoms with van der Waals surface area (Å²) >= 11 is 0. The topological polar surface area (TPSA) is 74.9 Å². The van der Waals surface area contributed by atoms with Crippen molar-refractivity contribution in [3.8, 4) is 0 Å². The lowest BCUT2D eigenvalue weighted by Crippen LogP contribution is -2.14. The Bertz CT molecular complexity index is 964. The number of ether oxygens (including phenoxy) is 3. The van der Waals surface area contributed by atoms with Gasteiger partial charge in [-0.25, -0.2) is 4.79 Å². The molecule has 0 aliphatic heterocycles. The summed E-state index contributed by atoms with van der Waals surface area (Å²) in [4.78, 5) is 16.1. The molecule has 0 aliphatic rings. The van der Waals surface area contributed by atoms with Gasteiger partial charge in [0.2, 0.25) is 6.79 Å². The molecular formula is C25H35N3O4. The average Bonchev–Trinajstić information content (AvgIpc) is 3.05. The van der Waals surface area contributed by atoms with E-state index in [1.165, 1.54) is 5.56 Å². The highest BCUT2D eigenvalue weighted by Crippen LogP contribution is 2.29. The van der Waals surface area contributed by atoms with E-state index < -0.39 is 6.16 Å². The Kier molecular flexibility index (Phi) is 8.63. The molecule has 0 saturated carbocycles. The summed E-state index contributed by atoms with van der Waals surface area (Å²) < 4.78 is 17.9. The van der Waals surface area contributed by atoms with Crippen molar-refractivity contribution in [2.75, 3.05) is 20.4 Å². The SMILES string of the molecule is CN=C/C(=C(/OCOC(=O)OCC(C)C)c1cc(C)nn1C)c1ccc(C(C)(C)C)cc1. The van der Waals surface area contributed by atoms with Crippen LogP contribution in [0.2, 0.25) is 0 Å². The van der Waals surface area contributed by atoms with E-state index >= 15 is 0 Å². The zero-order valence-corrected chi connectivity index (χ0v) is 20.4. The summed E-state index contributed by atoms with van der Waals surface area (Å²) in [5.74, 6) is 0.735. The predicted octanol–water partition coefficient (Wildman–Crippen LogP) is 5.38. The lowest BCUT2D eigenvalue weighted by atomic mass is 9.86. The number of benzene rings is 1. The molecule has 2 aromatic rings. The summed E-state index contributed by atoms with van der Waals surface area (Å²) in [6.07, 6.45) is 0.973. The Balaban J connectivity index is 2.41. The van der Waals surface area contributed by atoms with Crippen LogP contribution >= 0.6 is 0 Å². The van der Waals surface area contributed by atoms with Crippen molar-refractivity contribution >= 4 is 23.7 Å². The molecule has 0 radical (unpaired) electrons. The minimum atomic E-state index is -0.764. The normalized spacial score (nSPS) is 12.8. The third-order valence-corrected chi connectivity index (χ3v) is 4.71. The molecule has 0 N–H and O–H groups in total. The number of rotatable bonds is 8. The van der Waals surface area contributed by atoms with Crippen molar-refractivity contribution in [2.24, 2.45) is 18.0 Å². The minimum absolute atomic E-state index is 0.0456. The van der Waals surface area contributed by atoms with Crippen LogP contribution in [0.4, 0.5) is 4.79 Å². The zero-order chi connectivity index (χ0) is 23.9. The highest BCUT2D eigenvalue weighted by molar-refractivity contribution is 6.18. The summed E-state index contributed by atoms with van der Waals surface area (Å²) in [5.41, 5.74) is 4.55. The highest BCUT2D eigenvalue weighted by Gasteiger charge is 2.19. The molecule has 0 amide bonds. The van der Waals surface area contributed by atoms with Crippen molar-refractivity contribution in [2.45, 2.75) is 47.0 Å². The van der Waals surface area contributed by atoms with Crippen LogP contribution < -0.4 is 0 Å². The largest absolute Gasteiger partial charge is 0.511 e. The first kappa shape index (κ1) is 25.2. The van der Waals surface area contributed by atoms with Gasteiger partial charge in [-0.15, -0.1) is 0 Å². The third-order valence-electron chi connectivity index (χ3n) is 4.71. The molecule has 0 unspecified atom stereocenters. The molecule has 1 aromatic heterocycles. The van der Waals surface area contributed by atoms with E-state index in [4.69, 9.17) is 14.2 Å². The first-order chi connectivity index (χ1) is 15.0. The van der Waals surface area contributed by atoms with Gasteiger partial charge < -0.3 is 14.2 Å². The van der Waals surface area contributed by atoms with Gasteiger partial charge >= 0.3 is 6.16 Å². The van der Waals surface area contributed by atoms with Gasteiger partial charge in [0, 0.05) is 25.9 Å². The second-order valence-electron chi connectivity index (χ2n) is 9.11. The first-order valence-corrected chi connectivity index (χ1v) is 10.7. The number of nitrogens with zero attached hydrogens (tertiary/aromatic N) is 3. The molecule has 1 aromatic carbocycles. The van der Waals surface area contributed by atoms with E-state index in [9.17, 15) is 4.79 Å². The molecule has 7 nitrogen and oxygen atoms in total. The number of carbonyl (C=O) groups excluding carboxylic acids is 1. The van der Waals surface area contributed by atoms with Gasteiger partial charge in [-0.3, -0.25) is 9.67 Å². The molecule has 0 saturated heterocycles. The molecule has 174 valence electrons. The van der Waals surface area contributed by atoms with Gasteiger partial charge in [0.15, 0.2) is 5.76 Å². The molecule has 0 atom stereocenters. The van der Waals surface area contributed by atoms with Gasteiger partial charge in [-0.1, -0.05) is 58.9 Å². The van der Waals surface area contributed by atoms with Crippen molar-refractivity contribution in [3.63, 3.8) is 0 Å². The number of aliphatic imine (C=N–C) groups is 1. The van der Waals surface area contributed by atoms with E-state index in [2.05, 4.69) is 43.0 Å². The van der Waals surface area contributed by atoms with E-state index in [1.807, 2.05) is 46.0 Å². The Morgan fingerprint density at radius 3 is 2.31 bits per heavy atom. The van der Waals surface area contributed by atoms with Crippen LogP contribution in [0, 0.1) is 12.8 Å². The fourth-order valence-electron chi connectivity index (χ4n) is 3.07. The molecule has 1 heterocycles. The summed E-state index contributed by atoms with van der Waals surface area (Å²) in [5, 5.41) is 4.43. The molecule has 2 rings (SSSR count). The Morgan fingerprint density at radius 2 is 1.81 bits per heavy atom. The first-order valence-electron chi connectivity index (χ1n) is 10.7. The lowest BCUT2D eigenvalue weighted by molar-refractivity contribution is -0.00942. The molecule has 0 bridgehead atoms. The van der Waals surface area contributed by atoms with Crippen LogP contribution in [-0.2, 0) is 26.7 Å². The van der Waals surface area contributed by atoms with Crippen molar-refractivity contribution in [1.82, 2.24) is 9.78 Å². The van der Waals surface area contributed by atoms with Crippen molar-refractivity contribution in [1.29, 1.82) is 0 Å². The van der Waals surface area contributed by atoms with Crippen LogP contribution in [0.25, 0.3) is 11.3 Å². The Labute approximate surface area is 191 Å². The van der Waals surface area contributed by atoms with Crippen LogP contribution in [0.3, 0.4) is 0 Å². The van der Waals surface area contributed by atoms with E-state index in [-0.39, 0.29) is 24.7 Å². The maximum atomic E-state index is 11.8. The third kappa shape index (κ3) is 6.97. The highest BCUT2D eigenvalue weighted by atomic mass is 16.8. The second-order valence-corrected chi connectivity index (χ2v) is 9.11. The smallest absolute Gasteiger partial charge is 0.454 e. The standard InChI is InChI=1S/C25H35N3O4/c1-17(2)15-30-24(29)32-16-31-23(22-13-18(3)27-28(22)8)21(14-26-7)19-9-11-20(12-10-19)25(4,5)6/h9-14,17H,15-16H2,1-8H3/b23-21-,26-14?. The predicted molar refractivity (Wildman–Crippen MR) is 128 cm³/mol. The summed E-state index contributed by atoms with van der Waals surface area (Å²) in [7, 11) is 3.54. The number of carbonyl (C=O) groups is 1. The molecular weight excluding hydrogens is 406 g/mol. The molecule has 7 heteroatoms. The van der Waals surface area contributed by atoms with Crippen molar-refractivity contribution in [3.05, 3.63) is 52.8 Å². The van der Waals surface area contributed by atoms with E-state index in [1.54, 1.807) is 17.9 Å². The second kappa shape index (κ2) is 11.0. The van der Waals surface area contributed by atoms with Gasteiger partial charge in [-0.2, -0.15) is 5.10 Å². The number of aromatic nitrogens is 2. The fourth-order valence-corrected chi connectivity index (χ4v) is 3.07. The summed E-state index contributed by atoms with van der Waals surface area (Å²) in [6.45, 7) is 12.3. The number of hydrogen-bond acceptors (Lipinski definition) is 6. The van der Waals surface area contributed by atoms with Crippen LogP contribution in [0.5, 0.6) is 0 Å². The average molecular weight is 442 g/mol. The van der Waals surface area contributed by atoms with Crippen molar-refractivity contribution < 1.29 is 19.0 Å². The Morgan fingerprint density at radius 1 is 1.16 bits per heavy atom. The number of allylic oxidation sites excluding steroid dienone is 1. The van der Waals surface area contributed by atoms with E-state index in [0.717, 1.165) is 22.5 Å². The summed E-state index contributed by atoms with van der Waals surface area (Å²) in [6, 6.07) is 10.2.